The number of rotatable bonds is 4. The van der Waals surface area contributed by atoms with E-state index in [9.17, 15) is 0 Å². The Hall–Kier alpha value is -2.37. The van der Waals surface area contributed by atoms with Crippen LogP contribution in [0.25, 0.3) is 11.1 Å². The molecule has 25 heavy (non-hydrogen) atoms. The largest absolute Gasteiger partial charge is 0.481 e. The summed E-state index contributed by atoms with van der Waals surface area (Å²) in [5.41, 5.74) is 9.18. The standard InChI is InChI=1S/C19H27N5O/c1-12-14(7-10-21-17(12)25-4)15-11-22-18(20)24-16(15)23-13-5-8-19(2,3)9-6-13/h7,10-11,13H,5-6,8-9H2,1-4H3,(H3,20,22,23,24). The molecular formula is C19H27N5O. The lowest BCUT2D eigenvalue weighted by atomic mass is 9.75. The second-order valence-corrected chi connectivity index (χ2v) is 7.57. The van der Waals surface area contributed by atoms with Crippen molar-refractivity contribution in [2.45, 2.75) is 52.5 Å². The van der Waals surface area contributed by atoms with E-state index in [1.807, 2.05) is 13.0 Å². The van der Waals surface area contributed by atoms with Crippen molar-refractivity contribution in [1.29, 1.82) is 0 Å². The summed E-state index contributed by atoms with van der Waals surface area (Å²) in [4.78, 5) is 12.9. The molecule has 6 nitrogen and oxygen atoms in total. The summed E-state index contributed by atoms with van der Waals surface area (Å²) in [7, 11) is 1.63. The van der Waals surface area contributed by atoms with Gasteiger partial charge in [0.2, 0.25) is 11.8 Å². The maximum absolute atomic E-state index is 5.85. The van der Waals surface area contributed by atoms with E-state index in [4.69, 9.17) is 10.5 Å². The van der Waals surface area contributed by atoms with Crippen molar-refractivity contribution >= 4 is 11.8 Å². The van der Waals surface area contributed by atoms with Crippen molar-refractivity contribution in [2.24, 2.45) is 5.41 Å². The second kappa shape index (κ2) is 6.86. The van der Waals surface area contributed by atoms with Crippen LogP contribution in [0.5, 0.6) is 5.88 Å². The summed E-state index contributed by atoms with van der Waals surface area (Å²) >= 11 is 0. The zero-order chi connectivity index (χ0) is 18.0. The minimum absolute atomic E-state index is 0.279. The number of anilines is 2. The number of nitrogens with one attached hydrogen (secondary N) is 1. The first-order chi connectivity index (χ1) is 11.9. The molecule has 0 unspecified atom stereocenters. The Morgan fingerprint density at radius 2 is 1.92 bits per heavy atom. The summed E-state index contributed by atoms with van der Waals surface area (Å²) in [5.74, 6) is 1.68. The highest BCUT2D eigenvalue weighted by Gasteiger charge is 2.27. The molecule has 1 aliphatic rings. The number of hydrogen-bond acceptors (Lipinski definition) is 6. The Bertz CT molecular complexity index is 749. The van der Waals surface area contributed by atoms with Gasteiger partial charge in [-0.05, 0) is 49.7 Å². The monoisotopic (exact) mass is 341 g/mol. The SMILES string of the molecule is COc1nccc(-c2cnc(N)nc2NC2CCC(C)(C)CC2)c1C. The third kappa shape index (κ3) is 3.83. The van der Waals surface area contributed by atoms with Crippen LogP contribution in [0.15, 0.2) is 18.5 Å². The molecule has 0 spiro atoms. The van der Waals surface area contributed by atoms with Crippen LogP contribution in [-0.2, 0) is 0 Å². The van der Waals surface area contributed by atoms with Gasteiger partial charge in [-0.2, -0.15) is 4.98 Å². The van der Waals surface area contributed by atoms with Gasteiger partial charge in [0.05, 0.1) is 7.11 Å². The Balaban J connectivity index is 1.92. The first-order valence-electron chi connectivity index (χ1n) is 8.78. The lowest BCUT2D eigenvalue weighted by Gasteiger charge is -2.35. The molecule has 0 aromatic carbocycles. The molecule has 2 aromatic heterocycles. The number of nitrogens with zero attached hydrogens (tertiary/aromatic N) is 3. The Morgan fingerprint density at radius 1 is 1.20 bits per heavy atom. The summed E-state index contributed by atoms with van der Waals surface area (Å²) in [6.07, 6.45) is 8.21. The van der Waals surface area contributed by atoms with Gasteiger partial charge in [-0.1, -0.05) is 13.8 Å². The molecule has 0 atom stereocenters. The molecule has 3 rings (SSSR count). The molecule has 1 aliphatic carbocycles. The van der Waals surface area contributed by atoms with Crippen LogP contribution in [-0.4, -0.2) is 28.1 Å². The van der Waals surface area contributed by atoms with Gasteiger partial charge in [0.1, 0.15) is 5.82 Å². The topological polar surface area (TPSA) is 86.0 Å². The zero-order valence-corrected chi connectivity index (χ0v) is 15.5. The molecule has 2 heterocycles. The smallest absolute Gasteiger partial charge is 0.221 e. The molecule has 1 fully saturated rings. The van der Waals surface area contributed by atoms with Crippen molar-refractivity contribution in [3.8, 4) is 17.0 Å². The first kappa shape index (κ1) is 17.5. The van der Waals surface area contributed by atoms with Crippen LogP contribution in [0, 0.1) is 12.3 Å². The van der Waals surface area contributed by atoms with Crippen molar-refractivity contribution in [2.75, 3.05) is 18.2 Å². The van der Waals surface area contributed by atoms with Gasteiger partial charge in [0.15, 0.2) is 0 Å². The van der Waals surface area contributed by atoms with E-state index in [0.29, 0.717) is 17.3 Å². The predicted octanol–water partition coefficient (Wildman–Crippen LogP) is 3.82. The van der Waals surface area contributed by atoms with Gasteiger partial charge in [-0.15, -0.1) is 0 Å². The number of pyridine rings is 1. The van der Waals surface area contributed by atoms with E-state index in [0.717, 1.165) is 35.3 Å². The summed E-state index contributed by atoms with van der Waals surface area (Å²) < 4.78 is 5.35. The van der Waals surface area contributed by atoms with E-state index in [-0.39, 0.29) is 5.95 Å². The lowest BCUT2D eigenvalue weighted by molar-refractivity contribution is 0.232. The fourth-order valence-electron chi connectivity index (χ4n) is 3.45. The molecule has 0 bridgehead atoms. The maximum Gasteiger partial charge on any atom is 0.221 e. The van der Waals surface area contributed by atoms with Gasteiger partial charge in [0, 0.05) is 29.6 Å². The van der Waals surface area contributed by atoms with Crippen molar-refractivity contribution in [1.82, 2.24) is 15.0 Å². The molecule has 3 N–H and O–H groups in total. The van der Waals surface area contributed by atoms with E-state index in [1.54, 1.807) is 19.5 Å². The minimum atomic E-state index is 0.279. The normalized spacial score (nSPS) is 17.3. The van der Waals surface area contributed by atoms with Crippen LogP contribution in [0.2, 0.25) is 0 Å². The zero-order valence-electron chi connectivity index (χ0n) is 15.5. The van der Waals surface area contributed by atoms with Crippen LogP contribution < -0.4 is 15.8 Å². The van der Waals surface area contributed by atoms with Gasteiger partial charge >= 0.3 is 0 Å². The average Bonchev–Trinajstić information content (AvgIpc) is 2.58. The molecule has 0 radical (unpaired) electrons. The van der Waals surface area contributed by atoms with E-state index < -0.39 is 0 Å². The number of nitrogens with two attached hydrogens (primary N) is 1. The molecule has 2 aromatic rings. The van der Waals surface area contributed by atoms with Crippen molar-refractivity contribution in [3.05, 3.63) is 24.0 Å². The Labute approximate surface area is 149 Å². The summed E-state index contributed by atoms with van der Waals surface area (Å²) in [6, 6.07) is 2.37. The highest BCUT2D eigenvalue weighted by molar-refractivity contribution is 5.78. The third-order valence-electron chi connectivity index (χ3n) is 5.13. The summed E-state index contributed by atoms with van der Waals surface area (Å²) in [6.45, 7) is 6.66. The van der Waals surface area contributed by atoms with Crippen molar-refractivity contribution in [3.63, 3.8) is 0 Å². The minimum Gasteiger partial charge on any atom is -0.481 e. The molecule has 0 saturated heterocycles. The maximum atomic E-state index is 5.85. The molecule has 0 amide bonds. The first-order valence-corrected chi connectivity index (χ1v) is 8.78. The van der Waals surface area contributed by atoms with Crippen LogP contribution >= 0.6 is 0 Å². The predicted molar refractivity (Wildman–Crippen MR) is 101 cm³/mol. The number of nitrogen functional groups attached to an aromatic ring is 1. The van der Waals surface area contributed by atoms with E-state index >= 15 is 0 Å². The number of hydrogen-bond donors (Lipinski definition) is 2. The highest BCUT2D eigenvalue weighted by atomic mass is 16.5. The summed E-state index contributed by atoms with van der Waals surface area (Å²) in [5, 5.41) is 3.60. The molecular weight excluding hydrogens is 314 g/mol. The molecule has 1 saturated carbocycles. The van der Waals surface area contributed by atoms with Crippen molar-refractivity contribution < 1.29 is 4.74 Å². The van der Waals surface area contributed by atoms with Gasteiger partial charge < -0.3 is 15.8 Å². The van der Waals surface area contributed by atoms with E-state index in [2.05, 4.69) is 34.1 Å². The van der Waals surface area contributed by atoms with Gasteiger partial charge in [-0.3, -0.25) is 0 Å². The number of ether oxygens (including phenoxy) is 1. The Morgan fingerprint density at radius 3 is 2.60 bits per heavy atom. The lowest BCUT2D eigenvalue weighted by Crippen LogP contribution is -2.30. The third-order valence-corrected chi connectivity index (χ3v) is 5.13. The fourth-order valence-corrected chi connectivity index (χ4v) is 3.45. The second-order valence-electron chi connectivity index (χ2n) is 7.57. The average molecular weight is 341 g/mol. The van der Waals surface area contributed by atoms with Crippen LogP contribution in [0.4, 0.5) is 11.8 Å². The molecule has 0 aliphatic heterocycles. The van der Waals surface area contributed by atoms with Gasteiger partial charge in [-0.25, -0.2) is 9.97 Å². The quantitative estimate of drug-likeness (QED) is 0.879. The van der Waals surface area contributed by atoms with Crippen LogP contribution in [0.3, 0.4) is 0 Å². The van der Waals surface area contributed by atoms with Gasteiger partial charge in [0.25, 0.3) is 0 Å². The molecule has 6 heteroatoms. The fraction of sp³-hybridized carbons (Fsp3) is 0.526. The van der Waals surface area contributed by atoms with Crippen LogP contribution in [0.1, 0.15) is 45.1 Å². The highest BCUT2D eigenvalue weighted by Crippen LogP contribution is 2.38. The van der Waals surface area contributed by atoms with E-state index in [1.165, 1.54) is 12.8 Å². The number of aromatic nitrogens is 3. The number of methoxy groups -OCH3 is 1. The Kier molecular flexibility index (Phi) is 4.79. The molecule has 134 valence electrons.